The van der Waals surface area contributed by atoms with Crippen molar-refractivity contribution in [2.45, 2.75) is 75.7 Å². The van der Waals surface area contributed by atoms with Gasteiger partial charge >= 0.3 is 113 Å². The van der Waals surface area contributed by atoms with Gasteiger partial charge in [0.2, 0.25) is 0 Å². The summed E-state index contributed by atoms with van der Waals surface area (Å²) in [5.74, 6) is 2.17. The third-order valence-electron chi connectivity index (χ3n) is 5.20. The molecule has 0 aliphatic carbocycles. The molecule has 2 aliphatic rings. The molecule has 2 bridgehead atoms. The Balaban J connectivity index is 2.22. The molecule has 2 heteroatoms. The average molecular weight is 339 g/mol. The van der Waals surface area contributed by atoms with Crippen molar-refractivity contribution in [3.8, 4) is 0 Å². The van der Waals surface area contributed by atoms with E-state index in [2.05, 4.69) is 33.9 Å². The molecule has 2 aliphatic heterocycles. The van der Waals surface area contributed by atoms with Gasteiger partial charge < -0.3 is 0 Å². The van der Waals surface area contributed by atoms with Gasteiger partial charge in [0.25, 0.3) is 0 Å². The molecule has 2 fully saturated rings. The molecule has 0 spiro atoms. The van der Waals surface area contributed by atoms with E-state index in [-0.39, 0.29) is 0 Å². The molecule has 0 amide bonds. The molecule has 17 heavy (non-hydrogen) atoms. The molecule has 0 nitrogen and oxygen atoms in total. The van der Waals surface area contributed by atoms with Gasteiger partial charge in [-0.3, -0.25) is 0 Å². The fraction of sp³-hybridized carbons (Fsp3) is 0.867. The Morgan fingerprint density at radius 3 is 1.82 bits per heavy atom. The van der Waals surface area contributed by atoms with Crippen LogP contribution in [0, 0.1) is 0 Å². The molecule has 2 saturated heterocycles. The first-order valence-corrected chi connectivity index (χ1v) is 17.9. The number of hydrogen-bond acceptors (Lipinski definition) is 0. The predicted molar refractivity (Wildman–Crippen MR) is 82.9 cm³/mol. The van der Waals surface area contributed by atoms with Crippen molar-refractivity contribution in [1.82, 2.24) is 0 Å². The van der Waals surface area contributed by atoms with Crippen LogP contribution in [-0.4, -0.2) is 25.1 Å². The van der Waals surface area contributed by atoms with Crippen molar-refractivity contribution in [3.05, 3.63) is 12.2 Å². The van der Waals surface area contributed by atoms with E-state index in [0.29, 0.717) is 0 Å². The summed E-state index contributed by atoms with van der Waals surface area (Å²) in [7, 11) is 0. The number of hydrogen-bond donors (Lipinski definition) is 0. The first kappa shape index (κ1) is 14.0. The van der Waals surface area contributed by atoms with E-state index in [9.17, 15) is 0 Å². The van der Waals surface area contributed by atoms with E-state index in [1.165, 1.54) is 38.5 Å². The van der Waals surface area contributed by atoms with Crippen molar-refractivity contribution >= 4 is 25.1 Å². The molecule has 0 aromatic rings. The van der Waals surface area contributed by atoms with Gasteiger partial charge in [-0.25, -0.2) is 0 Å². The summed E-state index contributed by atoms with van der Waals surface area (Å²) in [5, 5.41) is 0. The number of rotatable bonds is 3. The zero-order valence-electron chi connectivity index (χ0n) is 12.2. The average Bonchev–Trinajstić information content (AvgIpc) is 2.23. The molecule has 1 unspecified atom stereocenters. The van der Waals surface area contributed by atoms with Crippen LogP contribution >= 0.6 is 0 Å². The zero-order valence-corrected chi connectivity index (χ0v) is 15.1. The van der Waals surface area contributed by atoms with Crippen LogP contribution in [0.4, 0.5) is 0 Å². The molecular formula is C15H29BSn. The van der Waals surface area contributed by atoms with Crippen molar-refractivity contribution < 1.29 is 0 Å². The molecule has 2 heterocycles. The van der Waals surface area contributed by atoms with Crippen LogP contribution in [-0.2, 0) is 0 Å². The van der Waals surface area contributed by atoms with E-state index in [1.807, 2.05) is 0 Å². The van der Waals surface area contributed by atoms with Gasteiger partial charge in [-0.05, 0) is 0 Å². The standard InChI is InChI=1S/C12H20B.3CH3.Sn/c1-2-3-10-13-11-6-4-7-12(13)9-5-8-11;;;;/h2-3,10-12H,4-9H2,1H3;3*1H3;/b3-2+;;;;. The molecule has 0 aromatic heterocycles. The fourth-order valence-electron chi connectivity index (χ4n) is 4.52. The van der Waals surface area contributed by atoms with Crippen molar-refractivity contribution in [2.24, 2.45) is 0 Å². The quantitative estimate of drug-likeness (QED) is 0.476. The fourth-order valence-corrected chi connectivity index (χ4v) is 11.6. The maximum atomic E-state index is 2.64. The summed E-state index contributed by atoms with van der Waals surface area (Å²) >= 11 is -1.81. The minimum atomic E-state index is -1.81. The SMILES string of the molecule is C/C=C/[CH](B1C2CCCC1CCC2)[Sn]([CH3])([CH3])[CH3]. The van der Waals surface area contributed by atoms with Crippen LogP contribution in [0.2, 0.25) is 30.3 Å². The topological polar surface area (TPSA) is 0 Å². The normalized spacial score (nSPS) is 31.9. The van der Waals surface area contributed by atoms with Gasteiger partial charge in [-0.15, -0.1) is 0 Å². The van der Waals surface area contributed by atoms with Crippen LogP contribution < -0.4 is 0 Å². The number of allylic oxidation sites excluding steroid dienone is 2. The Labute approximate surface area is 113 Å². The van der Waals surface area contributed by atoms with E-state index >= 15 is 0 Å². The molecule has 0 saturated carbocycles. The van der Waals surface area contributed by atoms with Gasteiger partial charge in [-0.2, -0.15) is 0 Å². The Hall–Kier alpha value is 0.604. The first-order valence-electron chi connectivity index (χ1n) is 7.67. The van der Waals surface area contributed by atoms with E-state index in [0.717, 1.165) is 22.2 Å². The maximum absolute atomic E-state index is 2.64. The molecule has 0 N–H and O–H groups in total. The van der Waals surface area contributed by atoms with Crippen LogP contribution in [0.15, 0.2) is 12.2 Å². The van der Waals surface area contributed by atoms with E-state index < -0.39 is 18.4 Å². The monoisotopic (exact) mass is 340 g/mol. The summed E-state index contributed by atoms with van der Waals surface area (Å²) in [4.78, 5) is 7.93. The second kappa shape index (κ2) is 5.71. The third-order valence-corrected chi connectivity index (χ3v) is 12.6. The van der Waals surface area contributed by atoms with Crippen LogP contribution in [0.25, 0.3) is 0 Å². The molecule has 0 aromatic carbocycles. The Morgan fingerprint density at radius 1 is 1.00 bits per heavy atom. The van der Waals surface area contributed by atoms with Crippen LogP contribution in [0.5, 0.6) is 0 Å². The summed E-state index contributed by atoms with van der Waals surface area (Å²) in [6.07, 6.45) is 14.2. The van der Waals surface area contributed by atoms with Gasteiger partial charge in [-0.1, -0.05) is 0 Å². The predicted octanol–water partition coefficient (Wildman–Crippen LogP) is 5.41. The second-order valence-electron chi connectivity index (χ2n) is 7.38. The van der Waals surface area contributed by atoms with Crippen molar-refractivity contribution in [2.75, 3.05) is 0 Å². The van der Waals surface area contributed by atoms with Gasteiger partial charge in [0.15, 0.2) is 0 Å². The number of fused-ring (bicyclic) bond motifs is 2. The summed E-state index contributed by atoms with van der Waals surface area (Å²) < 4.78 is 1.00. The molecule has 1 atom stereocenters. The Bertz CT molecular complexity index is 257. The Morgan fingerprint density at radius 2 is 1.47 bits per heavy atom. The molecule has 96 valence electrons. The summed E-state index contributed by atoms with van der Waals surface area (Å²) in [6, 6.07) is 0. The third kappa shape index (κ3) is 3.14. The minimum absolute atomic E-state index is 1.00. The molecular weight excluding hydrogens is 310 g/mol. The van der Waals surface area contributed by atoms with Crippen molar-refractivity contribution in [1.29, 1.82) is 0 Å². The van der Waals surface area contributed by atoms with Crippen LogP contribution in [0.3, 0.4) is 0 Å². The van der Waals surface area contributed by atoms with Crippen LogP contribution in [0.1, 0.15) is 45.4 Å². The van der Waals surface area contributed by atoms with Gasteiger partial charge in [0, 0.05) is 0 Å². The summed E-state index contributed by atoms with van der Waals surface area (Å²) in [5.41, 5.74) is 0. The molecule has 2 rings (SSSR count). The van der Waals surface area contributed by atoms with Gasteiger partial charge in [0.1, 0.15) is 0 Å². The molecule has 0 radical (unpaired) electrons. The van der Waals surface area contributed by atoms with Gasteiger partial charge in [0.05, 0.1) is 0 Å². The Kier molecular flexibility index (Phi) is 4.71. The van der Waals surface area contributed by atoms with E-state index in [1.54, 1.807) is 0 Å². The van der Waals surface area contributed by atoms with Crippen molar-refractivity contribution in [3.63, 3.8) is 0 Å². The first-order chi connectivity index (χ1) is 8.04. The zero-order chi connectivity index (χ0) is 12.5. The second-order valence-corrected chi connectivity index (χ2v) is 22.8. The summed E-state index contributed by atoms with van der Waals surface area (Å²) in [6.45, 7) is 3.30. The van der Waals surface area contributed by atoms with E-state index in [4.69, 9.17) is 0 Å².